The number of carbonyl (C=O) groups is 1. The van der Waals surface area contributed by atoms with Crippen LogP contribution in [0.1, 0.15) is 30.5 Å². The van der Waals surface area contributed by atoms with Gasteiger partial charge in [-0.2, -0.15) is 0 Å². The lowest BCUT2D eigenvalue weighted by atomic mass is 10.1. The number of rotatable bonds is 2. The Morgan fingerprint density at radius 1 is 1.48 bits per heavy atom. The van der Waals surface area contributed by atoms with Gasteiger partial charge in [-0.25, -0.2) is 0 Å². The van der Waals surface area contributed by atoms with Crippen LogP contribution < -0.4 is 10.6 Å². The first kappa shape index (κ1) is 16.7. The van der Waals surface area contributed by atoms with Crippen molar-refractivity contribution in [2.45, 2.75) is 38.0 Å². The fourth-order valence-corrected chi connectivity index (χ4v) is 3.43. The van der Waals surface area contributed by atoms with Crippen molar-refractivity contribution in [1.29, 1.82) is 0 Å². The molecule has 6 heteroatoms. The van der Waals surface area contributed by atoms with E-state index in [0.29, 0.717) is 6.61 Å². The minimum absolute atomic E-state index is 0. The molecule has 4 nitrogen and oxygen atoms in total. The van der Waals surface area contributed by atoms with Crippen molar-refractivity contribution in [3.05, 3.63) is 33.8 Å². The molecule has 0 bridgehead atoms. The van der Waals surface area contributed by atoms with Crippen LogP contribution in [0.5, 0.6) is 0 Å². The molecule has 1 unspecified atom stereocenters. The van der Waals surface area contributed by atoms with Crippen molar-refractivity contribution >= 4 is 34.2 Å². The Kier molecular flexibility index (Phi) is 5.66. The summed E-state index contributed by atoms with van der Waals surface area (Å²) in [7, 11) is 0. The van der Waals surface area contributed by atoms with Crippen LogP contribution in [0, 0.1) is 0 Å². The maximum Gasteiger partial charge on any atom is 0.240 e. The summed E-state index contributed by atoms with van der Waals surface area (Å²) in [5.74, 6) is 0.0398. The number of halogens is 2. The molecule has 2 aliphatic rings. The van der Waals surface area contributed by atoms with Gasteiger partial charge in [0.1, 0.15) is 6.04 Å². The van der Waals surface area contributed by atoms with E-state index in [-0.39, 0.29) is 36.5 Å². The van der Waals surface area contributed by atoms with E-state index in [9.17, 15) is 4.79 Å². The first-order chi connectivity index (χ1) is 9.65. The van der Waals surface area contributed by atoms with Crippen LogP contribution in [0.25, 0.3) is 0 Å². The monoisotopic (exact) mass is 374 g/mol. The number of fused-ring (bicyclic) bond motifs is 1. The number of carbonyl (C=O) groups excluding carboxylic acids is 1. The zero-order valence-corrected chi connectivity index (χ0v) is 14.3. The predicted octanol–water partition coefficient (Wildman–Crippen LogP) is 2.35. The number of morpholine rings is 1. The topological polar surface area (TPSA) is 50.4 Å². The Morgan fingerprint density at radius 2 is 2.29 bits per heavy atom. The fourth-order valence-electron chi connectivity index (χ4n) is 3.02. The first-order valence-electron chi connectivity index (χ1n) is 7.09. The van der Waals surface area contributed by atoms with Crippen LogP contribution in [0.4, 0.5) is 0 Å². The summed E-state index contributed by atoms with van der Waals surface area (Å²) in [4.78, 5) is 12.4. The molecule has 1 aromatic rings. The molecule has 3 atom stereocenters. The molecule has 1 aliphatic heterocycles. The number of nitrogens with one attached hydrogen (secondary N) is 2. The maximum absolute atomic E-state index is 12.4. The summed E-state index contributed by atoms with van der Waals surface area (Å²) in [6, 6.07) is 6.16. The molecule has 1 aliphatic carbocycles. The van der Waals surface area contributed by atoms with Gasteiger partial charge in [-0.05, 0) is 43.0 Å². The van der Waals surface area contributed by atoms with E-state index in [0.717, 1.165) is 23.9 Å². The van der Waals surface area contributed by atoms with Crippen LogP contribution in [-0.4, -0.2) is 31.2 Å². The molecule has 0 radical (unpaired) electrons. The SMILES string of the molecule is C[C@H]1OCCN[C@@H]1C(=O)NC1CCc2cc(Br)ccc21.Cl. The minimum Gasteiger partial charge on any atom is -0.375 e. The average Bonchev–Trinajstić information content (AvgIpc) is 2.81. The molecule has 21 heavy (non-hydrogen) atoms. The molecular formula is C15H20BrClN2O2. The third kappa shape index (κ3) is 3.59. The second-order valence-corrected chi connectivity index (χ2v) is 6.37. The predicted molar refractivity (Wildman–Crippen MR) is 87.8 cm³/mol. The lowest BCUT2D eigenvalue weighted by Gasteiger charge is -2.30. The van der Waals surface area contributed by atoms with E-state index in [1.807, 2.05) is 13.0 Å². The zero-order chi connectivity index (χ0) is 14.1. The summed E-state index contributed by atoms with van der Waals surface area (Å²) >= 11 is 3.49. The number of amides is 1. The van der Waals surface area contributed by atoms with Gasteiger partial charge in [0.25, 0.3) is 0 Å². The van der Waals surface area contributed by atoms with Gasteiger partial charge in [0.05, 0.1) is 18.8 Å². The number of benzene rings is 1. The van der Waals surface area contributed by atoms with Crippen molar-refractivity contribution in [2.75, 3.05) is 13.2 Å². The molecule has 116 valence electrons. The lowest BCUT2D eigenvalue weighted by Crippen LogP contribution is -2.55. The van der Waals surface area contributed by atoms with Gasteiger partial charge in [0, 0.05) is 11.0 Å². The third-order valence-electron chi connectivity index (χ3n) is 4.10. The Bertz CT molecular complexity index is 526. The van der Waals surface area contributed by atoms with Gasteiger partial charge >= 0.3 is 0 Å². The van der Waals surface area contributed by atoms with Gasteiger partial charge in [-0.15, -0.1) is 12.4 Å². The van der Waals surface area contributed by atoms with E-state index < -0.39 is 0 Å². The normalized spacial score (nSPS) is 27.6. The van der Waals surface area contributed by atoms with Crippen molar-refractivity contribution < 1.29 is 9.53 Å². The van der Waals surface area contributed by atoms with Gasteiger partial charge < -0.3 is 15.4 Å². The van der Waals surface area contributed by atoms with Crippen molar-refractivity contribution in [1.82, 2.24) is 10.6 Å². The van der Waals surface area contributed by atoms with E-state index in [1.54, 1.807) is 0 Å². The van der Waals surface area contributed by atoms with Crippen molar-refractivity contribution in [3.63, 3.8) is 0 Å². The third-order valence-corrected chi connectivity index (χ3v) is 4.59. The van der Waals surface area contributed by atoms with Gasteiger partial charge in [0.15, 0.2) is 0 Å². The highest BCUT2D eigenvalue weighted by Gasteiger charge is 2.31. The molecule has 3 rings (SSSR count). The number of hydrogen-bond donors (Lipinski definition) is 2. The second-order valence-electron chi connectivity index (χ2n) is 5.45. The van der Waals surface area contributed by atoms with Gasteiger partial charge in [-0.3, -0.25) is 4.79 Å². The zero-order valence-electron chi connectivity index (χ0n) is 11.9. The van der Waals surface area contributed by atoms with Gasteiger partial charge in [-0.1, -0.05) is 22.0 Å². The summed E-state index contributed by atoms with van der Waals surface area (Å²) in [5.41, 5.74) is 2.57. The molecule has 1 heterocycles. The molecule has 0 saturated carbocycles. The van der Waals surface area contributed by atoms with Crippen LogP contribution in [0.15, 0.2) is 22.7 Å². The Hall–Kier alpha value is -0.620. The molecule has 0 aromatic heterocycles. The Morgan fingerprint density at radius 3 is 3.05 bits per heavy atom. The highest BCUT2D eigenvalue weighted by Crippen LogP contribution is 2.33. The molecule has 1 saturated heterocycles. The number of ether oxygens (including phenoxy) is 1. The van der Waals surface area contributed by atoms with Crippen molar-refractivity contribution in [3.8, 4) is 0 Å². The minimum atomic E-state index is -0.247. The molecular weight excluding hydrogens is 356 g/mol. The molecule has 2 N–H and O–H groups in total. The molecule has 1 amide bonds. The number of aryl methyl sites for hydroxylation is 1. The van der Waals surface area contributed by atoms with Gasteiger partial charge in [0.2, 0.25) is 5.91 Å². The van der Waals surface area contributed by atoms with E-state index in [4.69, 9.17) is 4.74 Å². The molecule has 1 fully saturated rings. The standard InChI is InChI=1S/C15H19BrN2O2.ClH/c1-9-14(17-6-7-20-9)15(19)18-13-5-2-10-8-11(16)3-4-12(10)13;/h3-4,8-9,13-14,17H,2,5-7H2,1H3,(H,18,19);1H/t9-,13?,14+;/m1./s1. The summed E-state index contributed by atoms with van der Waals surface area (Å²) < 4.78 is 6.63. The number of hydrogen-bond acceptors (Lipinski definition) is 3. The molecule has 0 spiro atoms. The van der Waals surface area contributed by atoms with Crippen LogP contribution in [0.3, 0.4) is 0 Å². The molecule has 1 aromatic carbocycles. The smallest absolute Gasteiger partial charge is 0.240 e. The highest BCUT2D eigenvalue weighted by molar-refractivity contribution is 9.10. The summed E-state index contributed by atoms with van der Waals surface area (Å²) in [6.45, 7) is 3.35. The highest BCUT2D eigenvalue weighted by atomic mass is 79.9. The quantitative estimate of drug-likeness (QED) is 0.834. The van der Waals surface area contributed by atoms with Crippen LogP contribution in [0.2, 0.25) is 0 Å². The largest absolute Gasteiger partial charge is 0.375 e. The van der Waals surface area contributed by atoms with Crippen LogP contribution in [-0.2, 0) is 16.0 Å². The van der Waals surface area contributed by atoms with E-state index in [1.165, 1.54) is 11.1 Å². The lowest BCUT2D eigenvalue weighted by molar-refractivity contribution is -0.129. The van der Waals surface area contributed by atoms with E-state index >= 15 is 0 Å². The summed E-state index contributed by atoms with van der Waals surface area (Å²) in [5, 5.41) is 6.39. The van der Waals surface area contributed by atoms with E-state index in [2.05, 4.69) is 38.7 Å². The Labute approximate surface area is 139 Å². The van der Waals surface area contributed by atoms with Crippen molar-refractivity contribution in [2.24, 2.45) is 0 Å². The fraction of sp³-hybridized carbons (Fsp3) is 0.533. The Balaban J connectivity index is 0.00000161. The van der Waals surface area contributed by atoms with Crippen LogP contribution >= 0.6 is 28.3 Å². The first-order valence-corrected chi connectivity index (χ1v) is 7.88. The second kappa shape index (κ2) is 7.09. The average molecular weight is 376 g/mol. The maximum atomic E-state index is 12.4. The summed E-state index contributed by atoms with van der Waals surface area (Å²) in [6.07, 6.45) is 1.91.